The highest BCUT2D eigenvalue weighted by molar-refractivity contribution is 6.88. The molecule has 4 N–H and O–H groups in total. The molecule has 0 bridgehead atoms. The Balaban J connectivity index is 0.000000194. The molecule has 4 aromatic rings. The minimum absolute atomic E-state index is 0.191. The van der Waals surface area contributed by atoms with Crippen LogP contribution in [0, 0.1) is 13.8 Å². The summed E-state index contributed by atoms with van der Waals surface area (Å²) in [7, 11) is -3.27. The van der Waals surface area contributed by atoms with Crippen molar-refractivity contribution in [3.8, 4) is 0 Å². The van der Waals surface area contributed by atoms with Gasteiger partial charge in [-0.1, -0.05) is 49.7 Å². The second-order valence-electron chi connectivity index (χ2n) is 14.8. The smallest absolute Gasteiger partial charge is 0.330 e. The summed E-state index contributed by atoms with van der Waals surface area (Å²) in [5.41, 5.74) is -1.02. The molecule has 20 heteroatoms. The number of aliphatic hydroxyl groups is 2. The number of rotatable bonds is 8. The van der Waals surface area contributed by atoms with E-state index in [1.54, 1.807) is 24.7 Å². The van der Waals surface area contributed by atoms with Crippen molar-refractivity contribution >= 4 is 26.8 Å². The fraction of sp³-hybridized carbons (Fsp3) is 0.600. The number of hydrogen-bond acceptors (Lipinski definition) is 12. The van der Waals surface area contributed by atoms with Crippen molar-refractivity contribution in [3.63, 3.8) is 0 Å². The standard InChI is InChI=1S/2C15H23N5O4Si/c1-9-7-19(15(23)17-14(9)22)12-5-10(11(8-21)24-12)20-13(6-16-18-20)25(2,3)4;1-9-6-19(15(23)16-14(9)22)13-5-10(11(8-21)24-13)20-7-12(17-18-20)25(2,3)4/h6-7,10-12,21H,5,8H2,1-4H3,(H,17,22,23);6-7,10-11,13,21H,5,8H2,1-4H3,(H,16,22,23)/t10-,11+,12+;10-,11+,13+/m00/s1. The maximum Gasteiger partial charge on any atom is 0.330 e. The Bertz CT molecular complexity index is 2050. The molecule has 2 fully saturated rings. The van der Waals surface area contributed by atoms with Crippen LogP contribution in [0.15, 0.2) is 44.0 Å². The topological polar surface area (TPSA) is 230 Å². The van der Waals surface area contributed by atoms with Crippen LogP contribution < -0.4 is 33.1 Å². The zero-order valence-corrected chi connectivity index (χ0v) is 31.5. The lowest BCUT2D eigenvalue weighted by atomic mass is 10.1. The lowest BCUT2D eigenvalue weighted by Gasteiger charge is -2.23. The van der Waals surface area contributed by atoms with Gasteiger partial charge in [-0.15, -0.1) is 10.2 Å². The minimum Gasteiger partial charge on any atom is -0.394 e. The van der Waals surface area contributed by atoms with E-state index in [9.17, 15) is 29.4 Å². The largest absolute Gasteiger partial charge is 0.394 e. The minimum atomic E-state index is -1.68. The molecule has 0 aliphatic carbocycles. The van der Waals surface area contributed by atoms with Crippen molar-refractivity contribution in [2.24, 2.45) is 0 Å². The molecule has 6 rings (SSSR count). The first-order chi connectivity index (χ1) is 23.4. The van der Waals surface area contributed by atoms with Crippen LogP contribution in [0.1, 0.15) is 48.5 Å². The first-order valence-corrected chi connectivity index (χ1v) is 23.4. The Kier molecular flexibility index (Phi) is 10.6. The number of nitrogens with one attached hydrogen (secondary N) is 2. The summed E-state index contributed by atoms with van der Waals surface area (Å²) in [4.78, 5) is 51.9. The summed E-state index contributed by atoms with van der Waals surface area (Å²) in [6, 6.07) is -0.454. The molecular weight excluding hydrogens is 685 g/mol. The highest BCUT2D eigenvalue weighted by Gasteiger charge is 2.41. The number of ether oxygens (including phenoxy) is 2. The number of nitrogens with zero attached hydrogens (tertiary/aromatic N) is 8. The summed E-state index contributed by atoms with van der Waals surface area (Å²) in [5.74, 6) is 0. The van der Waals surface area contributed by atoms with Crippen LogP contribution >= 0.6 is 0 Å². The molecule has 272 valence electrons. The van der Waals surface area contributed by atoms with Gasteiger partial charge >= 0.3 is 11.4 Å². The Morgan fingerprint density at radius 1 is 0.760 bits per heavy atom. The van der Waals surface area contributed by atoms with Gasteiger partial charge in [0.15, 0.2) is 0 Å². The van der Waals surface area contributed by atoms with Crippen LogP contribution in [0.2, 0.25) is 39.3 Å². The molecule has 0 spiro atoms. The van der Waals surface area contributed by atoms with Crippen molar-refractivity contribution in [2.75, 3.05) is 13.2 Å². The first-order valence-electron chi connectivity index (χ1n) is 16.4. The van der Waals surface area contributed by atoms with Crippen LogP contribution in [-0.4, -0.2) is 101 Å². The maximum absolute atomic E-state index is 12.1. The summed E-state index contributed by atoms with van der Waals surface area (Å²) in [6.45, 7) is 16.0. The third-order valence-electron chi connectivity index (χ3n) is 8.96. The average Bonchev–Trinajstić information content (AvgIpc) is 3.85. The maximum atomic E-state index is 12.1. The van der Waals surface area contributed by atoms with E-state index in [-0.39, 0.29) is 25.3 Å². The number of H-pyrrole nitrogens is 2. The van der Waals surface area contributed by atoms with Gasteiger partial charge in [-0.05, 0) is 13.8 Å². The molecule has 0 unspecified atom stereocenters. The highest BCUT2D eigenvalue weighted by atomic mass is 28.3. The van der Waals surface area contributed by atoms with E-state index in [0.717, 1.165) is 10.6 Å². The number of hydrogen-bond donors (Lipinski definition) is 4. The summed E-state index contributed by atoms with van der Waals surface area (Å²) in [5, 5.41) is 38.2. The van der Waals surface area contributed by atoms with Gasteiger partial charge in [0.1, 0.15) is 40.8 Å². The van der Waals surface area contributed by atoms with E-state index in [4.69, 9.17) is 9.47 Å². The Hall–Kier alpha value is -4.09. The fourth-order valence-electron chi connectivity index (χ4n) is 6.04. The molecule has 0 saturated carbocycles. The van der Waals surface area contributed by atoms with Gasteiger partial charge in [0.05, 0.1) is 36.8 Å². The van der Waals surface area contributed by atoms with Crippen molar-refractivity contribution in [1.29, 1.82) is 0 Å². The number of aryl methyl sites for hydroxylation is 2. The molecule has 2 aliphatic heterocycles. The Morgan fingerprint density at radius 3 is 1.72 bits per heavy atom. The average molecular weight is 731 g/mol. The Morgan fingerprint density at radius 2 is 1.26 bits per heavy atom. The zero-order chi connectivity index (χ0) is 36.7. The van der Waals surface area contributed by atoms with Crippen LogP contribution in [0.25, 0.3) is 0 Å². The lowest BCUT2D eigenvalue weighted by molar-refractivity contribution is -0.0323. The molecule has 18 nitrogen and oxygen atoms in total. The van der Waals surface area contributed by atoms with E-state index in [1.807, 2.05) is 10.9 Å². The summed E-state index contributed by atoms with van der Waals surface area (Å²) >= 11 is 0. The van der Waals surface area contributed by atoms with Gasteiger partial charge in [-0.2, -0.15) is 0 Å². The summed E-state index contributed by atoms with van der Waals surface area (Å²) < 4.78 is 18.0. The van der Waals surface area contributed by atoms with Gasteiger partial charge in [-0.25, -0.2) is 19.0 Å². The molecular formula is C30H46N10O8Si2. The molecule has 6 atom stereocenters. The molecule has 2 aliphatic rings. The molecule has 50 heavy (non-hydrogen) atoms. The molecule has 0 aromatic carbocycles. The van der Waals surface area contributed by atoms with Gasteiger partial charge in [0.25, 0.3) is 11.1 Å². The molecule has 4 aromatic heterocycles. The van der Waals surface area contributed by atoms with Gasteiger partial charge < -0.3 is 19.7 Å². The number of aromatic nitrogens is 10. The van der Waals surface area contributed by atoms with Gasteiger partial charge in [0, 0.05) is 47.9 Å². The first kappa shape index (κ1) is 37.2. The second kappa shape index (κ2) is 14.3. The fourth-order valence-corrected chi connectivity index (χ4v) is 8.25. The van der Waals surface area contributed by atoms with Gasteiger partial charge in [0.2, 0.25) is 0 Å². The summed E-state index contributed by atoms with van der Waals surface area (Å²) in [6.07, 6.45) is 5.40. The third-order valence-corrected chi connectivity index (χ3v) is 12.6. The second-order valence-corrected chi connectivity index (χ2v) is 24.9. The van der Waals surface area contributed by atoms with Crippen molar-refractivity contribution in [3.05, 3.63) is 77.6 Å². The van der Waals surface area contributed by atoms with E-state index < -0.39 is 63.3 Å². The van der Waals surface area contributed by atoms with E-state index in [1.165, 1.54) is 21.5 Å². The predicted molar refractivity (Wildman–Crippen MR) is 187 cm³/mol. The van der Waals surface area contributed by atoms with Crippen LogP contribution in [0.5, 0.6) is 0 Å². The third kappa shape index (κ3) is 7.64. The van der Waals surface area contributed by atoms with Crippen molar-refractivity contribution in [1.82, 2.24) is 49.1 Å². The Labute approximate surface area is 288 Å². The number of aliphatic hydroxyl groups excluding tert-OH is 2. The quantitative estimate of drug-likeness (QED) is 0.160. The number of aromatic amines is 2. The molecule has 0 radical (unpaired) electrons. The zero-order valence-electron chi connectivity index (χ0n) is 29.5. The normalized spacial score (nSPS) is 24.0. The molecule has 6 heterocycles. The van der Waals surface area contributed by atoms with E-state index in [0.29, 0.717) is 24.0 Å². The van der Waals surface area contributed by atoms with Crippen molar-refractivity contribution < 1.29 is 19.7 Å². The SMILES string of the molecule is Cc1cn([C@H]2C[C@H](n3cc([Si](C)(C)C)nn3)[C@@H](CO)O2)c(=O)[nH]c1=O.Cc1cn([C@H]2C[C@H](n3nncc3[Si](C)(C)C)[C@@H](CO)O2)c(=O)[nH]c1=O. The molecule has 2 saturated heterocycles. The van der Waals surface area contributed by atoms with Gasteiger partial charge in [-0.3, -0.25) is 28.7 Å². The highest BCUT2D eigenvalue weighted by Crippen LogP contribution is 2.36. The predicted octanol–water partition coefficient (Wildman–Crippen LogP) is -0.994. The van der Waals surface area contributed by atoms with E-state index in [2.05, 4.69) is 69.9 Å². The monoisotopic (exact) mass is 730 g/mol. The van der Waals surface area contributed by atoms with Crippen LogP contribution in [0.3, 0.4) is 0 Å². The van der Waals surface area contributed by atoms with Crippen molar-refractivity contribution in [2.45, 2.75) is 103 Å². The van der Waals surface area contributed by atoms with E-state index >= 15 is 0 Å². The lowest BCUT2D eigenvalue weighted by Crippen LogP contribution is -2.45. The molecule has 0 amide bonds. The van der Waals surface area contributed by atoms with Crippen LogP contribution in [-0.2, 0) is 9.47 Å². The van der Waals surface area contributed by atoms with Crippen LogP contribution in [0.4, 0.5) is 0 Å².